The van der Waals surface area contributed by atoms with Crippen LogP contribution in [-0.4, -0.2) is 27.3 Å². The summed E-state index contributed by atoms with van der Waals surface area (Å²) < 4.78 is 24.0. The largest absolute Gasteiger partial charge is 0.317 e. The third kappa shape index (κ3) is 6.73. The van der Waals surface area contributed by atoms with Crippen LogP contribution in [0, 0.1) is 6.92 Å². The van der Waals surface area contributed by atoms with Crippen molar-refractivity contribution in [3.05, 3.63) is 35.4 Å². The standard InChI is InChI=1S/C15H25NO2S/c1-13-7-6-9-15(11-13)12-19(17,18)10-5-4-8-14(2)16-3/h6-7,9,11,14,16H,4-5,8,10,12H2,1-3H3. The zero-order valence-electron chi connectivity index (χ0n) is 12.1. The lowest BCUT2D eigenvalue weighted by molar-refractivity contribution is 0.533. The Morgan fingerprint density at radius 2 is 2.00 bits per heavy atom. The Morgan fingerprint density at radius 1 is 1.26 bits per heavy atom. The summed E-state index contributed by atoms with van der Waals surface area (Å²) in [5.41, 5.74) is 2.00. The van der Waals surface area contributed by atoms with E-state index in [1.807, 2.05) is 38.2 Å². The third-order valence-electron chi connectivity index (χ3n) is 3.30. The van der Waals surface area contributed by atoms with E-state index in [1.54, 1.807) is 0 Å². The lowest BCUT2D eigenvalue weighted by Gasteiger charge is -2.09. The Hall–Kier alpha value is -0.870. The summed E-state index contributed by atoms with van der Waals surface area (Å²) in [6.07, 6.45) is 2.73. The number of hydrogen-bond donors (Lipinski definition) is 1. The van der Waals surface area contributed by atoms with Crippen molar-refractivity contribution in [3.8, 4) is 0 Å². The Kier molecular flexibility index (Phi) is 6.52. The van der Waals surface area contributed by atoms with E-state index in [4.69, 9.17) is 0 Å². The fourth-order valence-corrected chi connectivity index (χ4v) is 3.52. The van der Waals surface area contributed by atoms with E-state index < -0.39 is 9.84 Å². The summed E-state index contributed by atoms with van der Waals surface area (Å²) in [7, 11) is -1.05. The van der Waals surface area contributed by atoms with Crippen molar-refractivity contribution in [2.24, 2.45) is 0 Å². The summed E-state index contributed by atoms with van der Waals surface area (Å²) in [5.74, 6) is 0.452. The SMILES string of the molecule is CNC(C)CCCCS(=O)(=O)Cc1cccc(C)c1. The minimum Gasteiger partial charge on any atom is -0.317 e. The fraction of sp³-hybridized carbons (Fsp3) is 0.600. The van der Waals surface area contributed by atoms with Gasteiger partial charge in [-0.25, -0.2) is 8.42 Å². The fourth-order valence-electron chi connectivity index (χ4n) is 2.04. The molecule has 0 heterocycles. The smallest absolute Gasteiger partial charge is 0.154 e. The second-order valence-corrected chi connectivity index (χ2v) is 7.45. The van der Waals surface area contributed by atoms with Crippen molar-refractivity contribution in [2.75, 3.05) is 12.8 Å². The molecule has 0 aromatic heterocycles. The number of sulfone groups is 1. The van der Waals surface area contributed by atoms with Crippen LogP contribution < -0.4 is 5.32 Å². The van der Waals surface area contributed by atoms with Gasteiger partial charge in [0.15, 0.2) is 9.84 Å². The molecule has 108 valence electrons. The summed E-state index contributed by atoms with van der Waals surface area (Å²) in [4.78, 5) is 0. The second kappa shape index (κ2) is 7.65. The molecule has 0 fully saturated rings. The van der Waals surface area contributed by atoms with E-state index in [0.29, 0.717) is 6.04 Å². The van der Waals surface area contributed by atoms with Gasteiger partial charge in [0.25, 0.3) is 0 Å². The number of nitrogens with one attached hydrogen (secondary N) is 1. The lowest BCUT2D eigenvalue weighted by atomic mass is 10.1. The van der Waals surface area contributed by atoms with Crippen molar-refractivity contribution in [2.45, 2.75) is 44.9 Å². The highest BCUT2D eigenvalue weighted by Crippen LogP contribution is 2.11. The Morgan fingerprint density at radius 3 is 2.63 bits per heavy atom. The molecule has 0 aliphatic carbocycles. The van der Waals surface area contributed by atoms with Gasteiger partial charge in [-0.1, -0.05) is 36.2 Å². The molecule has 3 nitrogen and oxygen atoms in total. The van der Waals surface area contributed by atoms with Gasteiger partial charge in [-0.05, 0) is 39.3 Å². The summed E-state index contributed by atoms with van der Waals surface area (Å²) >= 11 is 0. The number of aryl methyl sites for hydroxylation is 1. The van der Waals surface area contributed by atoms with Crippen LogP contribution in [0.15, 0.2) is 24.3 Å². The van der Waals surface area contributed by atoms with Gasteiger partial charge in [0.1, 0.15) is 0 Å². The first-order valence-electron chi connectivity index (χ1n) is 6.86. The lowest BCUT2D eigenvalue weighted by Crippen LogP contribution is -2.21. The first-order valence-corrected chi connectivity index (χ1v) is 8.68. The van der Waals surface area contributed by atoms with Crippen molar-refractivity contribution < 1.29 is 8.42 Å². The molecular weight excluding hydrogens is 258 g/mol. The first kappa shape index (κ1) is 16.2. The van der Waals surface area contributed by atoms with Crippen molar-refractivity contribution in [1.29, 1.82) is 0 Å². The Labute approximate surface area is 117 Å². The zero-order chi connectivity index (χ0) is 14.3. The van der Waals surface area contributed by atoms with E-state index in [1.165, 1.54) is 0 Å². The van der Waals surface area contributed by atoms with Gasteiger partial charge < -0.3 is 5.32 Å². The highest BCUT2D eigenvalue weighted by atomic mass is 32.2. The average Bonchev–Trinajstić information content (AvgIpc) is 2.33. The van der Waals surface area contributed by atoms with Gasteiger partial charge in [0.2, 0.25) is 0 Å². The molecule has 1 atom stereocenters. The van der Waals surface area contributed by atoms with Crippen LogP contribution in [0.25, 0.3) is 0 Å². The van der Waals surface area contributed by atoms with Gasteiger partial charge >= 0.3 is 0 Å². The molecule has 4 heteroatoms. The van der Waals surface area contributed by atoms with Gasteiger partial charge in [-0.2, -0.15) is 0 Å². The topological polar surface area (TPSA) is 46.2 Å². The van der Waals surface area contributed by atoms with Crippen molar-refractivity contribution in [1.82, 2.24) is 5.32 Å². The molecule has 1 unspecified atom stereocenters. The molecule has 0 radical (unpaired) electrons. The summed E-state index contributed by atoms with van der Waals surface area (Å²) in [5, 5.41) is 3.16. The third-order valence-corrected chi connectivity index (χ3v) is 4.99. The van der Waals surface area contributed by atoms with Gasteiger partial charge in [-0.3, -0.25) is 0 Å². The van der Waals surface area contributed by atoms with Gasteiger partial charge in [0.05, 0.1) is 11.5 Å². The highest BCUT2D eigenvalue weighted by molar-refractivity contribution is 7.90. The van der Waals surface area contributed by atoms with Gasteiger partial charge in [0, 0.05) is 6.04 Å². The van der Waals surface area contributed by atoms with E-state index in [9.17, 15) is 8.42 Å². The molecule has 1 aromatic carbocycles. The molecule has 1 rings (SSSR count). The van der Waals surface area contributed by atoms with E-state index >= 15 is 0 Å². The normalized spacial score (nSPS) is 13.4. The molecular formula is C15H25NO2S. The van der Waals surface area contributed by atoms with E-state index in [0.717, 1.165) is 30.4 Å². The predicted octanol–water partition coefficient (Wildman–Crippen LogP) is 2.69. The molecule has 0 saturated carbocycles. The van der Waals surface area contributed by atoms with Crippen molar-refractivity contribution >= 4 is 9.84 Å². The molecule has 1 N–H and O–H groups in total. The predicted molar refractivity (Wildman–Crippen MR) is 81.0 cm³/mol. The number of benzene rings is 1. The van der Waals surface area contributed by atoms with E-state index in [-0.39, 0.29) is 11.5 Å². The number of hydrogen-bond acceptors (Lipinski definition) is 3. The average molecular weight is 283 g/mol. The number of unbranched alkanes of at least 4 members (excludes halogenated alkanes) is 1. The second-order valence-electron chi connectivity index (χ2n) is 5.27. The Bertz CT molecular complexity index is 483. The number of rotatable bonds is 8. The van der Waals surface area contributed by atoms with Crippen molar-refractivity contribution in [3.63, 3.8) is 0 Å². The molecule has 0 bridgehead atoms. The summed E-state index contributed by atoms with van der Waals surface area (Å²) in [6.45, 7) is 4.09. The van der Waals surface area contributed by atoms with Crippen LogP contribution in [0.4, 0.5) is 0 Å². The maximum Gasteiger partial charge on any atom is 0.154 e. The maximum atomic E-state index is 12.0. The summed E-state index contributed by atoms with van der Waals surface area (Å²) in [6, 6.07) is 8.18. The molecule has 1 aromatic rings. The van der Waals surface area contributed by atoms with Crippen LogP contribution in [0.5, 0.6) is 0 Å². The van der Waals surface area contributed by atoms with Crippen LogP contribution in [0.3, 0.4) is 0 Å². The van der Waals surface area contributed by atoms with Gasteiger partial charge in [-0.15, -0.1) is 0 Å². The molecule has 0 amide bonds. The van der Waals surface area contributed by atoms with Crippen LogP contribution in [0.1, 0.15) is 37.3 Å². The molecule has 0 aliphatic rings. The highest BCUT2D eigenvalue weighted by Gasteiger charge is 2.12. The molecule has 0 aliphatic heterocycles. The molecule has 19 heavy (non-hydrogen) atoms. The monoisotopic (exact) mass is 283 g/mol. The quantitative estimate of drug-likeness (QED) is 0.746. The Balaban J connectivity index is 2.40. The van der Waals surface area contributed by atoms with E-state index in [2.05, 4.69) is 12.2 Å². The minimum atomic E-state index is -2.98. The van der Waals surface area contributed by atoms with Crippen LogP contribution >= 0.6 is 0 Å². The molecule has 0 spiro atoms. The van der Waals surface area contributed by atoms with Crippen LogP contribution in [-0.2, 0) is 15.6 Å². The minimum absolute atomic E-state index is 0.163. The van der Waals surface area contributed by atoms with Crippen LogP contribution in [0.2, 0.25) is 0 Å². The first-order chi connectivity index (χ1) is 8.93. The molecule has 0 saturated heterocycles. The maximum absolute atomic E-state index is 12.0. The zero-order valence-corrected chi connectivity index (χ0v) is 13.0.